The van der Waals surface area contributed by atoms with Crippen molar-refractivity contribution in [3.05, 3.63) is 40.8 Å². The van der Waals surface area contributed by atoms with E-state index in [0.717, 1.165) is 11.4 Å². The molecule has 4 rings (SSSR count). The van der Waals surface area contributed by atoms with Crippen molar-refractivity contribution in [2.45, 2.75) is 20.3 Å². The number of aryl methyl sites for hydroxylation is 2. The predicted octanol–water partition coefficient (Wildman–Crippen LogP) is 1.08. The van der Waals surface area contributed by atoms with Crippen molar-refractivity contribution in [3.8, 4) is 0 Å². The van der Waals surface area contributed by atoms with Crippen molar-refractivity contribution in [2.24, 2.45) is 0 Å². The zero-order chi connectivity index (χ0) is 19.0. The van der Waals surface area contributed by atoms with Crippen molar-refractivity contribution in [1.29, 1.82) is 0 Å². The molecule has 0 N–H and O–H groups in total. The normalized spacial score (nSPS) is 14.8. The second-order valence-electron chi connectivity index (χ2n) is 6.52. The Labute approximate surface area is 161 Å². The number of carbonyl (C=O) groups is 1. The molecule has 1 amide bonds. The SMILES string of the molecule is Cc1cc(C)n2nc(CC(=O)N3CCN(c4ncncc4Cl)CC3)nc2n1. The van der Waals surface area contributed by atoms with Crippen LogP contribution in [0.4, 0.5) is 5.82 Å². The van der Waals surface area contributed by atoms with E-state index in [0.29, 0.717) is 48.6 Å². The average molecular weight is 387 g/mol. The van der Waals surface area contributed by atoms with Crippen LogP contribution in [0.25, 0.3) is 5.78 Å². The van der Waals surface area contributed by atoms with E-state index >= 15 is 0 Å². The number of nitrogens with zero attached hydrogens (tertiary/aromatic N) is 8. The number of carbonyl (C=O) groups excluding carboxylic acids is 1. The number of amides is 1. The lowest BCUT2D eigenvalue weighted by molar-refractivity contribution is -0.130. The van der Waals surface area contributed by atoms with E-state index in [1.807, 2.05) is 24.8 Å². The summed E-state index contributed by atoms with van der Waals surface area (Å²) in [4.78, 5) is 33.4. The molecule has 0 atom stereocenters. The van der Waals surface area contributed by atoms with Crippen LogP contribution in [0, 0.1) is 13.8 Å². The molecule has 27 heavy (non-hydrogen) atoms. The van der Waals surface area contributed by atoms with Crippen LogP contribution in [0.2, 0.25) is 5.02 Å². The molecule has 1 saturated heterocycles. The summed E-state index contributed by atoms with van der Waals surface area (Å²) in [5.41, 5.74) is 1.82. The van der Waals surface area contributed by atoms with Crippen molar-refractivity contribution < 1.29 is 4.79 Å². The van der Waals surface area contributed by atoms with Gasteiger partial charge in [-0.1, -0.05) is 11.6 Å². The molecule has 1 fully saturated rings. The van der Waals surface area contributed by atoms with E-state index < -0.39 is 0 Å². The number of hydrogen-bond acceptors (Lipinski definition) is 7. The summed E-state index contributed by atoms with van der Waals surface area (Å²) in [7, 11) is 0. The molecule has 0 radical (unpaired) electrons. The molecule has 0 unspecified atom stereocenters. The van der Waals surface area contributed by atoms with Crippen LogP contribution in [0.15, 0.2) is 18.6 Å². The van der Waals surface area contributed by atoms with Crippen molar-refractivity contribution in [2.75, 3.05) is 31.1 Å². The first-order valence-corrected chi connectivity index (χ1v) is 9.07. The molecule has 4 heterocycles. The summed E-state index contributed by atoms with van der Waals surface area (Å²) in [5.74, 6) is 1.73. The van der Waals surface area contributed by atoms with E-state index in [4.69, 9.17) is 11.6 Å². The molecule has 0 spiro atoms. The van der Waals surface area contributed by atoms with Gasteiger partial charge in [-0.2, -0.15) is 4.98 Å². The molecule has 0 saturated carbocycles. The second-order valence-corrected chi connectivity index (χ2v) is 6.92. The lowest BCUT2D eigenvalue weighted by Gasteiger charge is -2.35. The highest BCUT2D eigenvalue weighted by atomic mass is 35.5. The summed E-state index contributed by atoms with van der Waals surface area (Å²) in [6, 6.07) is 1.94. The van der Waals surface area contributed by atoms with Gasteiger partial charge in [0.2, 0.25) is 5.91 Å². The minimum Gasteiger partial charge on any atom is -0.352 e. The van der Waals surface area contributed by atoms with Crippen LogP contribution in [-0.4, -0.2) is 66.5 Å². The molecule has 3 aromatic heterocycles. The third-order valence-electron chi connectivity index (χ3n) is 4.55. The Morgan fingerprint density at radius 1 is 1.19 bits per heavy atom. The number of fused-ring (bicyclic) bond motifs is 1. The van der Waals surface area contributed by atoms with Gasteiger partial charge in [0, 0.05) is 37.6 Å². The number of piperazine rings is 1. The maximum absolute atomic E-state index is 12.7. The van der Waals surface area contributed by atoms with Crippen LogP contribution in [0.3, 0.4) is 0 Å². The summed E-state index contributed by atoms with van der Waals surface area (Å²) in [5, 5.41) is 4.93. The van der Waals surface area contributed by atoms with Gasteiger partial charge in [0.25, 0.3) is 5.78 Å². The standard InChI is InChI=1S/C17H19ClN8O/c1-11-7-12(2)26-17(21-11)22-14(23-26)8-15(27)24-3-5-25(6-4-24)16-13(18)9-19-10-20-16/h7,9-10H,3-6,8H2,1-2H3. The van der Waals surface area contributed by atoms with Gasteiger partial charge in [-0.3, -0.25) is 4.79 Å². The quantitative estimate of drug-likeness (QED) is 0.664. The fourth-order valence-corrected chi connectivity index (χ4v) is 3.46. The van der Waals surface area contributed by atoms with Crippen LogP contribution in [0.5, 0.6) is 0 Å². The number of halogens is 1. The molecule has 3 aromatic rings. The molecule has 0 aromatic carbocycles. The van der Waals surface area contributed by atoms with E-state index in [1.54, 1.807) is 10.7 Å². The lowest BCUT2D eigenvalue weighted by Crippen LogP contribution is -2.49. The first kappa shape index (κ1) is 17.6. The average Bonchev–Trinajstić information content (AvgIpc) is 3.05. The van der Waals surface area contributed by atoms with Crippen LogP contribution in [0.1, 0.15) is 17.2 Å². The minimum absolute atomic E-state index is 0.00807. The molecule has 1 aliphatic heterocycles. The molecule has 0 aliphatic carbocycles. The molecule has 1 aliphatic rings. The number of anilines is 1. The number of hydrogen-bond donors (Lipinski definition) is 0. The van der Waals surface area contributed by atoms with Gasteiger partial charge >= 0.3 is 0 Å². The van der Waals surface area contributed by atoms with Crippen LogP contribution >= 0.6 is 11.6 Å². The Morgan fingerprint density at radius 3 is 2.70 bits per heavy atom. The third-order valence-corrected chi connectivity index (χ3v) is 4.82. The molecule has 10 heteroatoms. The fourth-order valence-electron chi connectivity index (χ4n) is 3.24. The van der Waals surface area contributed by atoms with Gasteiger partial charge in [-0.15, -0.1) is 5.10 Å². The highest BCUT2D eigenvalue weighted by Gasteiger charge is 2.24. The highest BCUT2D eigenvalue weighted by Crippen LogP contribution is 2.22. The Bertz CT molecular complexity index is 996. The van der Waals surface area contributed by atoms with Crippen LogP contribution < -0.4 is 4.90 Å². The lowest BCUT2D eigenvalue weighted by atomic mass is 10.2. The van der Waals surface area contributed by atoms with E-state index in [1.165, 1.54) is 6.33 Å². The molecule has 140 valence electrons. The van der Waals surface area contributed by atoms with Crippen molar-refractivity contribution >= 4 is 29.1 Å². The van der Waals surface area contributed by atoms with E-state index in [-0.39, 0.29) is 12.3 Å². The van der Waals surface area contributed by atoms with E-state index in [2.05, 4.69) is 29.9 Å². The number of rotatable bonds is 3. The highest BCUT2D eigenvalue weighted by molar-refractivity contribution is 6.32. The van der Waals surface area contributed by atoms with Gasteiger partial charge < -0.3 is 9.80 Å². The summed E-state index contributed by atoms with van der Waals surface area (Å²) in [6.45, 7) is 6.39. The first-order chi connectivity index (χ1) is 13.0. The summed E-state index contributed by atoms with van der Waals surface area (Å²) < 4.78 is 1.67. The summed E-state index contributed by atoms with van der Waals surface area (Å²) >= 11 is 6.15. The maximum Gasteiger partial charge on any atom is 0.252 e. The monoisotopic (exact) mass is 386 g/mol. The zero-order valence-electron chi connectivity index (χ0n) is 15.1. The van der Waals surface area contributed by atoms with Crippen molar-refractivity contribution in [3.63, 3.8) is 0 Å². The molecule has 0 bridgehead atoms. The Balaban J connectivity index is 1.41. The first-order valence-electron chi connectivity index (χ1n) is 8.69. The molecular formula is C17H19ClN8O. The Hall–Kier alpha value is -2.81. The predicted molar refractivity (Wildman–Crippen MR) is 99.8 cm³/mol. The van der Waals surface area contributed by atoms with Gasteiger partial charge in [0.1, 0.15) is 11.3 Å². The minimum atomic E-state index is 0.00807. The van der Waals surface area contributed by atoms with Gasteiger partial charge in [0.05, 0.1) is 12.6 Å². The molecule has 9 nitrogen and oxygen atoms in total. The van der Waals surface area contributed by atoms with Gasteiger partial charge in [0.15, 0.2) is 11.6 Å². The zero-order valence-corrected chi connectivity index (χ0v) is 15.9. The Kier molecular flexibility index (Phi) is 4.61. The summed E-state index contributed by atoms with van der Waals surface area (Å²) in [6.07, 6.45) is 3.22. The topological polar surface area (TPSA) is 92.4 Å². The van der Waals surface area contributed by atoms with Gasteiger partial charge in [-0.05, 0) is 19.9 Å². The van der Waals surface area contributed by atoms with Gasteiger partial charge in [-0.25, -0.2) is 19.5 Å². The van der Waals surface area contributed by atoms with Crippen molar-refractivity contribution in [1.82, 2.24) is 34.4 Å². The smallest absolute Gasteiger partial charge is 0.252 e. The van der Waals surface area contributed by atoms with E-state index in [9.17, 15) is 4.79 Å². The Morgan fingerprint density at radius 2 is 1.96 bits per heavy atom. The fraction of sp³-hybridized carbons (Fsp3) is 0.412. The molecular weight excluding hydrogens is 368 g/mol. The van der Waals surface area contributed by atoms with Crippen LogP contribution in [-0.2, 0) is 11.2 Å². The third kappa shape index (κ3) is 3.55. The largest absolute Gasteiger partial charge is 0.352 e. The second kappa shape index (κ2) is 7.07. The maximum atomic E-state index is 12.7. The number of aromatic nitrogens is 6.